The lowest BCUT2D eigenvalue weighted by molar-refractivity contribution is -0.116. The Morgan fingerprint density at radius 3 is 2.62 bits per heavy atom. The molecule has 0 saturated heterocycles. The van der Waals surface area contributed by atoms with Crippen LogP contribution in [-0.2, 0) is 4.79 Å². The highest BCUT2D eigenvalue weighted by Crippen LogP contribution is 2.18. The largest absolute Gasteiger partial charge is 0.479 e. The maximum atomic E-state index is 12.8. The summed E-state index contributed by atoms with van der Waals surface area (Å²) in [6.07, 6.45) is 4.03. The summed E-state index contributed by atoms with van der Waals surface area (Å²) < 4.78 is 18.0. The fourth-order valence-electron chi connectivity index (χ4n) is 2.03. The third-order valence-corrected chi connectivity index (χ3v) is 4.41. The number of hydrogen-bond acceptors (Lipinski definition) is 4. The molecular weight excluding hydrogens is 351 g/mol. The average Bonchev–Trinajstić information content (AvgIpc) is 2.66. The van der Waals surface area contributed by atoms with Crippen molar-refractivity contribution in [2.24, 2.45) is 0 Å². The molecule has 2 rings (SSSR count). The van der Waals surface area contributed by atoms with Crippen molar-refractivity contribution in [1.82, 2.24) is 5.32 Å². The molecule has 6 heteroatoms. The molecule has 1 N–H and O–H groups in total. The molecule has 0 radical (unpaired) electrons. The van der Waals surface area contributed by atoms with Gasteiger partial charge < -0.3 is 10.1 Å². The lowest BCUT2D eigenvalue weighted by atomic mass is 10.2. The zero-order chi connectivity index (χ0) is 18.6. The van der Waals surface area contributed by atoms with E-state index in [1.165, 1.54) is 18.2 Å². The lowest BCUT2D eigenvalue weighted by Crippen LogP contribution is -2.22. The van der Waals surface area contributed by atoms with Gasteiger partial charge in [-0.05, 0) is 60.2 Å². The summed E-state index contributed by atoms with van der Waals surface area (Å²) >= 11 is 1.63. The Hall–Kier alpha value is -2.78. The number of halogens is 1. The van der Waals surface area contributed by atoms with E-state index in [9.17, 15) is 9.18 Å². The van der Waals surface area contributed by atoms with Gasteiger partial charge >= 0.3 is 0 Å². The molecule has 0 spiro atoms. The van der Waals surface area contributed by atoms with Gasteiger partial charge in [-0.15, -0.1) is 11.8 Å². The monoisotopic (exact) mass is 370 g/mol. The second kappa shape index (κ2) is 11.0. The fraction of sp³-hybridized carbons (Fsp3) is 0.200. The lowest BCUT2D eigenvalue weighted by Gasteiger charge is -2.03. The minimum absolute atomic E-state index is 0.0109. The van der Waals surface area contributed by atoms with Gasteiger partial charge in [0.25, 0.3) is 0 Å². The van der Waals surface area contributed by atoms with E-state index in [1.807, 2.05) is 18.2 Å². The van der Waals surface area contributed by atoms with Gasteiger partial charge in [-0.1, -0.05) is 12.1 Å². The Balaban J connectivity index is 1.64. The van der Waals surface area contributed by atoms with Gasteiger partial charge in [0.2, 0.25) is 5.91 Å². The second-order valence-corrected chi connectivity index (χ2v) is 6.46. The van der Waals surface area contributed by atoms with Gasteiger partial charge in [0.1, 0.15) is 17.6 Å². The van der Waals surface area contributed by atoms with Crippen molar-refractivity contribution in [3.8, 4) is 11.8 Å². The summed E-state index contributed by atoms with van der Waals surface area (Å²) in [5.74, 6) is 1.07. The molecule has 1 amide bonds. The third-order valence-electron chi connectivity index (χ3n) is 3.31. The summed E-state index contributed by atoms with van der Waals surface area (Å²) in [7, 11) is 0. The zero-order valence-electron chi connectivity index (χ0n) is 14.2. The summed E-state index contributed by atoms with van der Waals surface area (Å²) in [6.45, 7) is 0.593. The van der Waals surface area contributed by atoms with Crippen LogP contribution in [0.2, 0.25) is 0 Å². The molecule has 0 atom stereocenters. The number of nitriles is 1. The van der Waals surface area contributed by atoms with Crippen LogP contribution in [0.1, 0.15) is 12.0 Å². The van der Waals surface area contributed by atoms with E-state index in [0.29, 0.717) is 12.3 Å². The highest BCUT2D eigenvalue weighted by atomic mass is 32.2. The quantitative estimate of drug-likeness (QED) is 0.411. The summed E-state index contributed by atoms with van der Waals surface area (Å²) in [5.41, 5.74) is 0.872. The number of nitrogens with one attached hydrogen (secondary N) is 1. The summed E-state index contributed by atoms with van der Waals surface area (Å²) in [6, 6.07) is 15.4. The van der Waals surface area contributed by atoms with Crippen LogP contribution in [0.15, 0.2) is 59.5 Å². The van der Waals surface area contributed by atoms with Crippen LogP contribution in [0.4, 0.5) is 4.39 Å². The molecule has 0 aliphatic heterocycles. The molecule has 0 aliphatic rings. The standard InChI is InChI=1S/C20H19FN2O2S/c21-17-5-9-19(10-6-17)26-15-1-13-23-20(24)11-4-16-2-7-18(8-3-16)25-14-12-22/h2-11H,1,13-15H2,(H,23,24)/b11-4+. The van der Waals surface area contributed by atoms with E-state index in [-0.39, 0.29) is 18.3 Å². The maximum Gasteiger partial charge on any atom is 0.243 e. The third kappa shape index (κ3) is 7.41. The molecule has 26 heavy (non-hydrogen) atoms. The molecule has 4 nitrogen and oxygen atoms in total. The number of amides is 1. The fourth-order valence-corrected chi connectivity index (χ4v) is 2.88. The summed E-state index contributed by atoms with van der Waals surface area (Å²) in [4.78, 5) is 12.8. The van der Waals surface area contributed by atoms with Gasteiger partial charge in [-0.25, -0.2) is 4.39 Å². The number of thioether (sulfide) groups is 1. The predicted molar refractivity (Wildman–Crippen MR) is 101 cm³/mol. The Labute approximate surface area is 156 Å². The van der Waals surface area contributed by atoms with Crippen LogP contribution < -0.4 is 10.1 Å². The van der Waals surface area contributed by atoms with E-state index in [4.69, 9.17) is 10.00 Å². The normalized spacial score (nSPS) is 10.5. The first-order valence-electron chi connectivity index (χ1n) is 8.11. The maximum absolute atomic E-state index is 12.8. The van der Waals surface area contributed by atoms with Gasteiger partial charge in [-0.2, -0.15) is 5.26 Å². The Morgan fingerprint density at radius 1 is 1.19 bits per heavy atom. The molecule has 0 aliphatic carbocycles. The molecule has 0 aromatic heterocycles. The highest BCUT2D eigenvalue weighted by Gasteiger charge is 1.98. The Kier molecular flexibility index (Phi) is 8.24. The van der Waals surface area contributed by atoms with Crippen LogP contribution in [0.5, 0.6) is 5.75 Å². The van der Waals surface area contributed by atoms with Crippen molar-refractivity contribution in [1.29, 1.82) is 5.26 Å². The number of nitrogens with zero attached hydrogens (tertiary/aromatic N) is 1. The zero-order valence-corrected chi connectivity index (χ0v) is 15.0. The highest BCUT2D eigenvalue weighted by molar-refractivity contribution is 7.99. The average molecular weight is 370 g/mol. The number of carbonyl (C=O) groups excluding carboxylic acids is 1. The predicted octanol–water partition coefficient (Wildman–Crippen LogP) is 4.04. The molecule has 0 bridgehead atoms. The van der Waals surface area contributed by atoms with Crippen molar-refractivity contribution >= 4 is 23.7 Å². The van der Waals surface area contributed by atoms with Crippen LogP contribution in [0.25, 0.3) is 6.08 Å². The van der Waals surface area contributed by atoms with Crippen LogP contribution in [-0.4, -0.2) is 24.8 Å². The van der Waals surface area contributed by atoms with Crippen molar-refractivity contribution in [2.75, 3.05) is 18.9 Å². The molecule has 0 heterocycles. The molecular formula is C20H19FN2O2S. The number of ether oxygens (including phenoxy) is 1. The van der Waals surface area contributed by atoms with E-state index in [0.717, 1.165) is 22.6 Å². The number of carbonyl (C=O) groups is 1. The van der Waals surface area contributed by atoms with E-state index < -0.39 is 0 Å². The summed E-state index contributed by atoms with van der Waals surface area (Å²) in [5, 5.41) is 11.3. The van der Waals surface area contributed by atoms with E-state index in [2.05, 4.69) is 5.32 Å². The van der Waals surface area contributed by atoms with Gasteiger partial charge in [-0.3, -0.25) is 4.79 Å². The first-order chi connectivity index (χ1) is 12.7. The van der Waals surface area contributed by atoms with Crippen molar-refractivity contribution < 1.29 is 13.9 Å². The minimum atomic E-state index is -0.238. The minimum Gasteiger partial charge on any atom is -0.479 e. The number of hydrogen-bond donors (Lipinski definition) is 1. The molecule has 0 fully saturated rings. The molecule has 0 saturated carbocycles. The smallest absolute Gasteiger partial charge is 0.243 e. The van der Waals surface area contributed by atoms with Gasteiger partial charge in [0.15, 0.2) is 6.61 Å². The molecule has 2 aromatic carbocycles. The molecule has 0 unspecified atom stereocenters. The SMILES string of the molecule is N#CCOc1ccc(/C=C/C(=O)NCCCSc2ccc(F)cc2)cc1. The first kappa shape index (κ1) is 19.5. The van der Waals surface area contributed by atoms with Gasteiger partial charge in [0.05, 0.1) is 0 Å². The first-order valence-corrected chi connectivity index (χ1v) is 9.10. The number of rotatable bonds is 9. The van der Waals surface area contributed by atoms with Crippen molar-refractivity contribution in [3.63, 3.8) is 0 Å². The van der Waals surface area contributed by atoms with Crippen LogP contribution in [0.3, 0.4) is 0 Å². The van der Waals surface area contributed by atoms with E-state index in [1.54, 1.807) is 42.1 Å². The Bertz CT molecular complexity index is 768. The number of benzene rings is 2. The Morgan fingerprint density at radius 2 is 1.92 bits per heavy atom. The second-order valence-electron chi connectivity index (χ2n) is 5.30. The molecule has 2 aromatic rings. The van der Waals surface area contributed by atoms with Gasteiger partial charge in [0, 0.05) is 17.5 Å². The molecule has 134 valence electrons. The van der Waals surface area contributed by atoms with Crippen molar-refractivity contribution in [2.45, 2.75) is 11.3 Å². The topological polar surface area (TPSA) is 62.1 Å². The van der Waals surface area contributed by atoms with E-state index >= 15 is 0 Å². The van der Waals surface area contributed by atoms with Crippen LogP contribution >= 0.6 is 11.8 Å². The van der Waals surface area contributed by atoms with Crippen LogP contribution in [0, 0.1) is 17.1 Å². The van der Waals surface area contributed by atoms with Crippen molar-refractivity contribution in [3.05, 3.63) is 66.0 Å².